The van der Waals surface area contributed by atoms with E-state index in [0.717, 1.165) is 16.8 Å². The van der Waals surface area contributed by atoms with Crippen LogP contribution in [0.1, 0.15) is 11.1 Å². The standard InChI is InChI=1S/C24H19NO2/c26-24(27-22-12-5-2-6-13-22)25-21(17-15-19-9-3-1-4-10-19)18-16-20-11-7-8-14-23(20)25/h1-18,21H/b17-15+. The quantitative estimate of drug-likeness (QED) is 0.595. The second-order valence-electron chi connectivity index (χ2n) is 6.23. The average Bonchev–Trinajstić information content (AvgIpc) is 2.73. The van der Waals surface area contributed by atoms with Crippen LogP contribution >= 0.6 is 0 Å². The van der Waals surface area contributed by atoms with Crippen molar-refractivity contribution in [1.82, 2.24) is 0 Å². The number of carbonyl (C=O) groups is 1. The summed E-state index contributed by atoms with van der Waals surface area (Å²) >= 11 is 0. The predicted octanol–water partition coefficient (Wildman–Crippen LogP) is 5.80. The molecule has 0 radical (unpaired) electrons. The van der Waals surface area contributed by atoms with Gasteiger partial charge in [-0.25, -0.2) is 4.79 Å². The summed E-state index contributed by atoms with van der Waals surface area (Å²) in [7, 11) is 0. The van der Waals surface area contributed by atoms with Crippen LogP contribution in [-0.2, 0) is 0 Å². The van der Waals surface area contributed by atoms with Gasteiger partial charge in [-0.1, -0.05) is 91.0 Å². The van der Waals surface area contributed by atoms with Gasteiger partial charge in [-0.2, -0.15) is 0 Å². The Balaban J connectivity index is 1.65. The number of amides is 1. The Labute approximate surface area is 158 Å². The maximum Gasteiger partial charge on any atom is 0.420 e. The van der Waals surface area contributed by atoms with Crippen molar-refractivity contribution in [1.29, 1.82) is 0 Å². The lowest BCUT2D eigenvalue weighted by molar-refractivity contribution is 0.207. The van der Waals surface area contributed by atoms with E-state index in [1.807, 2.05) is 97.1 Å². The molecule has 1 aliphatic rings. The van der Waals surface area contributed by atoms with Gasteiger partial charge in [-0.05, 0) is 29.3 Å². The molecule has 0 fully saturated rings. The number of nitrogens with zero attached hydrogens (tertiary/aromatic N) is 1. The molecule has 0 bridgehead atoms. The lowest BCUT2D eigenvalue weighted by atomic mass is 10.0. The fourth-order valence-corrected chi connectivity index (χ4v) is 3.08. The summed E-state index contributed by atoms with van der Waals surface area (Å²) in [6.45, 7) is 0. The number of benzene rings is 3. The van der Waals surface area contributed by atoms with Crippen LogP contribution in [0.5, 0.6) is 5.75 Å². The van der Waals surface area contributed by atoms with Gasteiger partial charge in [0.1, 0.15) is 5.75 Å². The summed E-state index contributed by atoms with van der Waals surface area (Å²) in [5.41, 5.74) is 2.91. The largest absolute Gasteiger partial charge is 0.420 e. The van der Waals surface area contributed by atoms with Crippen molar-refractivity contribution in [2.45, 2.75) is 6.04 Å². The third-order valence-corrected chi connectivity index (χ3v) is 4.40. The van der Waals surface area contributed by atoms with Gasteiger partial charge in [0, 0.05) is 0 Å². The van der Waals surface area contributed by atoms with E-state index in [9.17, 15) is 4.79 Å². The minimum Gasteiger partial charge on any atom is -0.410 e. The number of ether oxygens (including phenoxy) is 1. The van der Waals surface area contributed by atoms with Crippen LogP contribution in [0.2, 0.25) is 0 Å². The zero-order valence-corrected chi connectivity index (χ0v) is 14.7. The zero-order chi connectivity index (χ0) is 18.5. The highest BCUT2D eigenvalue weighted by Gasteiger charge is 2.28. The molecule has 3 aromatic carbocycles. The van der Waals surface area contributed by atoms with E-state index in [0.29, 0.717) is 5.75 Å². The van der Waals surface area contributed by atoms with Crippen LogP contribution in [0.4, 0.5) is 10.5 Å². The van der Waals surface area contributed by atoms with Gasteiger partial charge in [-0.15, -0.1) is 0 Å². The molecule has 1 aliphatic heterocycles. The van der Waals surface area contributed by atoms with Gasteiger partial charge in [0.25, 0.3) is 0 Å². The van der Waals surface area contributed by atoms with Crippen LogP contribution in [0.3, 0.4) is 0 Å². The van der Waals surface area contributed by atoms with E-state index in [-0.39, 0.29) is 6.04 Å². The highest BCUT2D eigenvalue weighted by Crippen LogP contribution is 2.30. The monoisotopic (exact) mass is 353 g/mol. The van der Waals surface area contributed by atoms with E-state index in [1.165, 1.54) is 0 Å². The Morgan fingerprint density at radius 3 is 2.30 bits per heavy atom. The summed E-state index contributed by atoms with van der Waals surface area (Å²) in [5.74, 6) is 0.528. The maximum absolute atomic E-state index is 13.0. The molecule has 0 N–H and O–H groups in total. The molecule has 0 saturated heterocycles. The first-order chi connectivity index (χ1) is 13.3. The van der Waals surface area contributed by atoms with Crippen LogP contribution in [0, 0.1) is 0 Å². The predicted molar refractivity (Wildman–Crippen MR) is 110 cm³/mol. The minimum atomic E-state index is -0.402. The molecule has 3 nitrogen and oxygen atoms in total. The van der Waals surface area contributed by atoms with Crippen LogP contribution in [0.15, 0.2) is 97.1 Å². The molecule has 0 aromatic heterocycles. The summed E-state index contributed by atoms with van der Waals surface area (Å²) in [6.07, 6.45) is 7.68. The van der Waals surface area contributed by atoms with Gasteiger partial charge in [0.05, 0.1) is 11.7 Å². The van der Waals surface area contributed by atoms with E-state index in [2.05, 4.69) is 0 Å². The van der Waals surface area contributed by atoms with Crippen molar-refractivity contribution in [3.8, 4) is 5.75 Å². The Kier molecular flexibility index (Phi) is 4.84. The Bertz CT molecular complexity index is 978. The van der Waals surface area contributed by atoms with E-state index in [4.69, 9.17) is 4.74 Å². The van der Waals surface area contributed by atoms with Crippen LogP contribution in [-0.4, -0.2) is 12.1 Å². The number of fused-ring (bicyclic) bond motifs is 1. The number of anilines is 1. The number of para-hydroxylation sites is 2. The summed E-state index contributed by atoms with van der Waals surface area (Å²) in [5, 5.41) is 0. The summed E-state index contributed by atoms with van der Waals surface area (Å²) in [4.78, 5) is 14.7. The van der Waals surface area contributed by atoms with Crippen molar-refractivity contribution < 1.29 is 9.53 Å². The SMILES string of the molecule is O=C(Oc1ccccc1)N1c2ccccc2C=CC1/C=C/c1ccccc1. The molecule has 27 heavy (non-hydrogen) atoms. The maximum atomic E-state index is 13.0. The molecule has 132 valence electrons. The third-order valence-electron chi connectivity index (χ3n) is 4.40. The fourth-order valence-electron chi connectivity index (χ4n) is 3.08. The Hall–Kier alpha value is -3.59. The first kappa shape index (κ1) is 16.9. The van der Waals surface area contributed by atoms with Gasteiger partial charge < -0.3 is 4.74 Å². The van der Waals surface area contributed by atoms with Crippen molar-refractivity contribution >= 4 is 23.9 Å². The molecule has 0 saturated carbocycles. The van der Waals surface area contributed by atoms with E-state index in [1.54, 1.807) is 17.0 Å². The highest BCUT2D eigenvalue weighted by molar-refractivity contribution is 5.95. The normalized spacial score (nSPS) is 15.6. The Morgan fingerprint density at radius 1 is 0.852 bits per heavy atom. The van der Waals surface area contributed by atoms with E-state index >= 15 is 0 Å². The topological polar surface area (TPSA) is 29.5 Å². The molecule has 1 amide bonds. The van der Waals surface area contributed by atoms with E-state index < -0.39 is 6.09 Å². The molecular formula is C24H19NO2. The molecular weight excluding hydrogens is 334 g/mol. The second kappa shape index (κ2) is 7.75. The third kappa shape index (κ3) is 3.82. The van der Waals surface area contributed by atoms with Crippen LogP contribution in [0.25, 0.3) is 12.2 Å². The van der Waals surface area contributed by atoms with Gasteiger partial charge in [0.2, 0.25) is 0 Å². The first-order valence-electron chi connectivity index (χ1n) is 8.88. The number of rotatable bonds is 3. The average molecular weight is 353 g/mol. The number of hydrogen-bond acceptors (Lipinski definition) is 2. The molecule has 1 heterocycles. The van der Waals surface area contributed by atoms with Gasteiger partial charge in [0.15, 0.2) is 0 Å². The lowest BCUT2D eigenvalue weighted by Crippen LogP contribution is -2.42. The molecule has 4 rings (SSSR count). The van der Waals surface area contributed by atoms with Crippen molar-refractivity contribution in [2.24, 2.45) is 0 Å². The molecule has 0 spiro atoms. The van der Waals surface area contributed by atoms with Crippen molar-refractivity contribution in [3.63, 3.8) is 0 Å². The second-order valence-corrected chi connectivity index (χ2v) is 6.23. The summed E-state index contributed by atoms with van der Waals surface area (Å²) in [6, 6.07) is 26.8. The fraction of sp³-hybridized carbons (Fsp3) is 0.0417. The molecule has 1 unspecified atom stereocenters. The highest BCUT2D eigenvalue weighted by atomic mass is 16.6. The first-order valence-corrected chi connectivity index (χ1v) is 8.88. The summed E-state index contributed by atoms with van der Waals surface area (Å²) < 4.78 is 5.61. The minimum absolute atomic E-state index is 0.226. The van der Waals surface area contributed by atoms with Crippen LogP contribution < -0.4 is 9.64 Å². The molecule has 3 heteroatoms. The molecule has 3 aromatic rings. The Morgan fingerprint density at radius 2 is 1.52 bits per heavy atom. The molecule has 0 aliphatic carbocycles. The number of carbonyl (C=O) groups excluding carboxylic acids is 1. The van der Waals surface area contributed by atoms with Crippen molar-refractivity contribution in [2.75, 3.05) is 4.90 Å². The van der Waals surface area contributed by atoms with Gasteiger partial charge >= 0.3 is 6.09 Å². The zero-order valence-electron chi connectivity index (χ0n) is 14.7. The van der Waals surface area contributed by atoms with Crippen molar-refractivity contribution in [3.05, 3.63) is 108 Å². The number of hydrogen-bond donors (Lipinski definition) is 0. The van der Waals surface area contributed by atoms with Gasteiger partial charge in [-0.3, -0.25) is 4.90 Å². The smallest absolute Gasteiger partial charge is 0.410 e. The molecule has 1 atom stereocenters. The lowest BCUT2D eigenvalue weighted by Gasteiger charge is -2.31.